The van der Waals surface area contributed by atoms with E-state index in [0.717, 1.165) is 23.1 Å². The van der Waals surface area contributed by atoms with E-state index in [2.05, 4.69) is 15.3 Å². The summed E-state index contributed by atoms with van der Waals surface area (Å²) in [5.74, 6) is -1.19. The van der Waals surface area contributed by atoms with E-state index in [0.29, 0.717) is 23.9 Å². The number of nitrogens with zero attached hydrogens (tertiary/aromatic N) is 3. The van der Waals surface area contributed by atoms with Gasteiger partial charge in [0, 0.05) is 30.2 Å². The fourth-order valence-electron chi connectivity index (χ4n) is 2.71. The molecule has 1 aromatic carbocycles. The molecule has 0 atom stereocenters. The summed E-state index contributed by atoms with van der Waals surface area (Å²) in [6.07, 6.45) is 0. The van der Waals surface area contributed by atoms with Gasteiger partial charge in [-0.25, -0.2) is 18.4 Å². The number of aromatic nitrogens is 2. The molecule has 0 aliphatic carbocycles. The minimum atomic E-state index is -3.64. The van der Waals surface area contributed by atoms with Crippen LogP contribution in [0.2, 0.25) is 0 Å². The minimum Gasteiger partial charge on any atom is -0.455 e. The Kier molecular flexibility index (Phi) is 8.96. The maximum Gasteiger partial charge on any atom is 0.316 e. The zero-order valence-electron chi connectivity index (χ0n) is 17.9. The molecule has 0 spiro atoms. The Morgan fingerprint density at radius 2 is 1.74 bits per heavy atom. The van der Waals surface area contributed by atoms with Gasteiger partial charge >= 0.3 is 5.97 Å². The van der Waals surface area contributed by atoms with Crippen LogP contribution < -0.4 is 5.32 Å². The van der Waals surface area contributed by atoms with Crippen LogP contribution in [-0.2, 0) is 24.3 Å². The van der Waals surface area contributed by atoms with E-state index in [1.165, 1.54) is 16.4 Å². The molecule has 0 saturated carbocycles. The predicted octanol–water partition coefficient (Wildman–Crippen LogP) is 2.40. The number of thioether (sulfide) groups is 1. The average molecular weight is 467 g/mol. The molecule has 0 radical (unpaired) electrons. The number of aryl methyl sites for hydroxylation is 2. The molecule has 11 heteroatoms. The second-order valence-electron chi connectivity index (χ2n) is 6.55. The van der Waals surface area contributed by atoms with Crippen molar-refractivity contribution in [3.05, 3.63) is 41.7 Å². The number of esters is 1. The fraction of sp³-hybridized carbons (Fsp3) is 0.400. The third-order valence-corrected chi connectivity index (χ3v) is 6.97. The number of hydrogen-bond acceptors (Lipinski definition) is 8. The summed E-state index contributed by atoms with van der Waals surface area (Å²) in [6.45, 7) is 7.39. The zero-order chi connectivity index (χ0) is 23.0. The minimum absolute atomic E-state index is 0.0340. The van der Waals surface area contributed by atoms with E-state index in [4.69, 9.17) is 4.74 Å². The topological polar surface area (TPSA) is 119 Å². The predicted molar refractivity (Wildman–Crippen MR) is 118 cm³/mol. The van der Waals surface area contributed by atoms with Crippen molar-refractivity contribution in [2.75, 3.05) is 30.8 Å². The Morgan fingerprint density at radius 1 is 1.10 bits per heavy atom. The van der Waals surface area contributed by atoms with Gasteiger partial charge in [-0.05, 0) is 38.1 Å². The number of sulfonamides is 1. The Bertz CT molecular complexity index is 1020. The summed E-state index contributed by atoms with van der Waals surface area (Å²) < 4.78 is 31.5. The monoisotopic (exact) mass is 466 g/mol. The number of benzene rings is 1. The fourth-order valence-corrected chi connectivity index (χ4v) is 4.97. The second kappa shape index (κ2) is 11.2. The van der Waals surface area contributed by atoms with Crippen LogP contribution in [0.1, 0.15) is 25.2 Å². The maximum atomic E-state index is 12.6. The number of rotatable bonds is 10. The third-order valence-electron chi connectivity index (χ3n) is 4.11. The molecule has 9 nitrogen and oxygen atoms in total. The van der Waals surface area contributed by atoms with Crippen LogP contribution in [-0.4, -0.2) is 60.0 Å². The second-order valence-corrected chi connectivity index (χ2v) is 9.43. The lowest BCUT2D eigenvalue weighted by atomic mass is 10.3. The zero-order valence-corrected chi connectivity index (χ0v) is 19.5. The van der Waals surface area contributed by atoms with Gasteiger partial charge in [-0.1, -0.05) is 31.7 Å². The van der Waals surface area contributed by atoms with E-state index in [-0.39, 0.29) is 10.6 Å². The van der Waals surface area contributed by atoms with Crippen LogP contribution in [0.3, 0.4) is 0 Å². The van der Waals surface area contributed by atoms with Crippen LogP contribution in [0.4, 0.5) is 5.69 Å². The molecule has 1 heterocycles. The number of ether oxygens (including phenoxy) is 1. The van der Waals surface area contributed by atoms with E-state index in [1.807, 2.05) is 19.9 Å². The first-order valence-electron chi connectivity index (χ1n) is 9.66. The van der Waals surface area contributed by atoms with Crippen LogP contribution in [0.15, 0.2) is 40.4 Å². The molecule has 0 aliphatic heterocycles. The first-order valence-corrected chi connectivity index (χ1v) is 12.1. The number of hydrogen-bond donors (Lipinski definition) is 1. The highest BCUT2D eigenvalue weighted by Crippen LogP contribution is 2.19. The van der Waals surface area contributed by atoms with Crippen molar-refractivity contribution >= 4 is 39.3 Å². The molecule has 2 rings (SSSR count). The van der Waals surface area contributed by atoms with Gasteiger partial charge in [0.05, 0.1) is 10.6 Å². The van der Waals surface area contributed by atoms with Crippen LogP contribution in [0.25, 0.3) is 0 Å². The van der Waals surface area contributed by atoms with Crippen molar-refractivity contribution in [3.8, 4) is 0 Å². The molecule has 0 saturated heterocycles. The molecule has 0 fully saturated rings. The summed E-state index contributed by atoms with van der Waals surface area (Å²) in [7, 11) is -3.64. The first-order chi connectivity index (χ1) is 14.6. The highest BCUT2D eigenvalue weighted by molar-refractivity contribution is 7.99. The molecule has 1 aromatic heterocycles. The number of carbonyl (C=O) groups is 2. The average Bonchev–Trinajstić information content (AvgIpc) is 2.71. The summed E-state index contributed by atoms with van der Waals surface area (Å²) >= 11 is 1.12. The number of amides is 1. The van der Waals surface area contributed by atoms with E-state index >= 15 is 0 Å². The standard InChI is InChI=1S/C20H26N4O5S2/c1-5-24(6-2)31(27,28)17-9-7-8-16(11-17)23-18(25)12-29-19(26)13-30-20-21-14(3)10-15(4)22-20/h7-11H,5-6,12-13H2,1-4H3,(H,23,25). The van der Waals surface area contributed by atoms with Crippen LogP contribution >= 0.6 is 11.8 Å². The van der Waals surface area contributed by atoms with Gasteiger partial charge in [0.1, 0.15) is 0 Å². The smallest absolute Gasteiger partial charge is 0.316 e. The van der Waals surface area contributed by atoms with Gasteiger partial charge in [0.2, 0.25) is 10.0 Å². The van der Waals surface area contributed by atoms with E-state index in [1.54, 1.807) is 26.0 Å². The van der Waals surface area contributed by atoms with Gasteiger partial charge in [0.15, 0.2) is 11.8 Å². The molecule has 0 aliphatic rings. The van der Waals surface area contributed by atoms with Crippen molar-refractivity contribution < 1.29 is 22.7 Å². The lowest BCUT2D eigenvalue weighted by Crippen LogP contribution is -2.30. The quantitative estimate of drug-likeness (QED) is 0.322. The Morgan fingerprint density at radius 3 is 2.35 bits per heavy atom. The van der Waals surface area contributed by atoms with Crippen LogP contribution in [0, 0.1) is 13.8 Å². The maximum absolute atomic E-state index is 12.6. The number of anilines is 1. The summed E-state index contributed by atoms with van der Waals surface area (Å²) in [4.78, 5) is 32.5. The van der Waals surface area contributed by atoms with Crippen LogP contribution in [0.5, 0.6) is 0 Å². The highest BCUT2D eigenvalue weighted by Gasteiger charge is 2.22. The van der Waals surface area contributed by atoms with Gasteiger partial charge in [-0.15, -0.1) is 0 Å². The van der Waals surface area contributed by atoms with Crippen molar-refractivity contribution in [2.45, 2.75) is 37.7 Å². The lowest BCUT2D eigenvalue weighted by Gasteiger charge is -2.18. The molecular formula is C20H26N4O5S2. The summed E-state index contributed by atoms with van der Waals surface area (Å²) in [5, 5.41) is 3.01. The van der Waals surface area contributed by atoms with E-state index < -0.39 is 28.5 Å². The molecular weight excluding hydrogens is 440 g/mol. The number of carbonyl (C=O) groups excluding carboxylic acids is 2. The first kappa shape index (κ1) is 24.8. The van der Waals surface area contributed by atoms with Crippen molar-refractivity contribution in [3.63, 3.8) is 0 Å². The highest BCUT2D eigenvalue weighted by atomic mass is 32.2. The normalized spacial score (nSPS) is 11.4. The largest absolute Gasteiger partial charge is 0.455 e. The molecule has 0 bridgehead atoms. The molecule has 31 heavy (non-hydrogen) atoms. The molecule has 1 amide bonds. The summed E-state index contributed by atoms with van der Waals surface area (Å²) in [6, 6.07) is 7.78. The lowest BCUT2D eigenvalue weighted by molar-refractivity contribution is -0.144. The van der Waals surface area contributed by atoms with Crippen molar-refractivity contribution in [1.82, 2.24) is 14.3 Å². The molecule has 2 aromatic rings. The third kappa shape index (κ3) is 7.30. The molecule has 1 N–H and O–H groups in total. The van der Waals surface area contributed by atoms with Gasteiger partial charge < -0.3 is 10.1 Å². The van der Waals surface area contributed by atoms with Gasteiger partial charge in [0.25, 0.3) is 5.91 Å². The van der Waals surface area contributed by atoms with E-state index in [9.17, 15) is 18.0 Å². The molecule has 0 unspecified atom stereocenters. The number of nitrogens with one attached hydrogen (secondary N) is 1. The Hall–Kier alpha value is -2.50. The summed E-state index contributed by atoms with van der Waals surface area (Å²) in [5.41, 5.74) is 1.90. The molecule has 168 valence electrons. The van der Waals surface area contributed by atoms with Gasteiger partial charge in [-0.2, -0.15) is 4.31 Å². The van der Waals surface area contributed by atoms with Gasteiger partial charge in [-0.3, -0.25) is 9.59 Å². The Balaban J connectivity index is 1.89. The SMILES string of the molecule is CCN(CC)S(=O)(=O)c1cccc(NC(=O)COC(=O)CSc2nc(C)cc(C)n2)c1. The van der Waals surface area contributed by atoms with Crippen molar-refractivity contribution in [2.24, 2.45) is 0 Å². The Labute approximate surface area is 186 Å². The van der Waals surface area contributed by atoms with Crippen molar-refractivity contribution in [1.29, 1.82) is 0 Å².